The number of phenolic OH excluding ortho intramolecular Hbond substituents is 1. The molecule has 0 fully saturated rings. The smallest absolute Gasteiger partial charge is 0.271 e. The summed E-state index contributed by atoms with van der Waals surface area (Å²) in [5.41, 5.74) is 4.46. The SMILES string of the molecule is O=C(N/N=C/c1ccc(OCC(=O)N(Cc2cccnc2)CC2C=CSC2)c2ccccc12)c1ccc(O)c(Cl)c1. The van der Waals surface area contributed by atoms with E-state index in [0.717, 1.165) is 27.7 Å². The average Bonchev–Trinajstić information content (AvgIpc) is 3.51. The van der Waals surface area contributed by atoms with Crippen LogP contribution in [0.15, 0.2) is 95.7 Å². The Bertz CT molecular complexity index is 1610. The number of aromatic hydroxyl groups is 1. The molecule has 0 saturated heterocycles. The van der Waals surface area contributed by atoms with E-state index >= 15 is 0 Å². The molecule has 10 heteroatoms. The Morgan fingerprint density at radius 3 is 2.76 bits per heavy atom. The summed E-state index contributed by atoms with van der Waals surface area (Å²) in [6.45, 7) is 0.967. The van der Waals surface area contributed by atoms with E-state index in [-0.39, 0.29) is 28.8 Å². The molecule has 1 atom stereocenters. The standard InChI is InChI=1S/C31H27ClN4O4S/c32-27-14-23(7-9-28(27)37)31(39)35-34-16-24-8-10-29(26-6-2-1-5-25(24)26)40-19-30(38)36(18-22-11-13-41-20-22)17-21-4-3-12-33-15-21/h1-16,22,37H,17-20H2,(H,35,39)/b34-16+. The van der Waals surface area contributed by atoms with Crippen molar-refractivity contribution in [3.8, 4) is 11.5 Å². The molecule has 0 aliphatic carbocycles. The van der Waals surface area contributed by atoms with Gasteiger partial charge in [0.05, 0.1) is 11.2 Å². The van der Waals surface area contributed by atoms with Gasteiger partial charge in [-0.3, -0.25) is 14.6 Å². The summed E-state index contributed by atoms with van der Waals surface area (Å²) in [7, 11) is 0. The van der Waals surface area contributed by atoms with E-state index in [0.29, 0.717) is 24.8 Å². The summed E-state index contributed by atoms with van der Waals surface area (Å²) in [6, 6.07) is 19.2. The number of hydrogen-bond acceptors (Lipinski definition) is 7. The first kappa shape index (κ1) is 28.2. The maximum absolute atomic E-state index is 13.3. The second kappa shape index (κ2) is 13.3. The number of fused-ring (bicyclic) bond motifs is 1. The fourth-order valence-electron chi connectivity index (χ4n) is 4.40. The number of benzene rings is 3. The van der Waals surface area contributed by atoms with Crippen LogP contribution >= 0.6 is 23.4 Å². The van der Waals surface area contributed by atoms with Gasteiger partial charge in [0, 0.05) is 53.7 Å². The largest absolute Gasteiger partial charge is 0.506 e. The number of hydrogen-bond donors (Lipinski definition) is 2. The molecule has 41 heavy (non-hydrogen) atoms. The molecule has 0 radical (unpaired) electrons. The van der Waals surface area contributed by atoms with Crippen LogP contribution in [0.2, 0.25) is 5.02 Å². The molecule has 1 aliphatic rings. The van der Waals surface area contributed by atoms with Crippen molar-refractivity contribution in [3.63, 3.8) is 0 Å². The highest BCUT2D eigenvalue weighted by Gasteiger charge is 2.21. The molecule has 4 aromatic rings. The summed E-state index contributed by atoms with van der Waals surface area (Å²) < 4.78 is 6.06. The second-order valence-electron chi connectivity index (χ2n) is 9.41. The number of nitrogens with one attached hydrogen (secondary N) is 1. The van der Waals surface area contributed by atoms with E-state index in [1.807, 2.05) is 47.4 Å². The zero-order valence-electron chi connectivity index (χ0n) is 21.9. The van der Waals surface area contributed by atoms with Gasteiger partial charge >= 0.3 is 0 Å². The molecule has 5 rings (SSSR count). The van der Waals surface area contributed by atoms with Crippen molar-refractivity contribution in [2.75, 3.05) is 18.9 Å². The predicted octanol–water partition coefficient (Wildman–Crippen LogP) is 5.64. The lowest BCUT2D eigenvalue weighted by Crippen LogP contribution is -2.38. The predicted molar refractivity (Wildman–Crippen MR) is 162 cm³/mol. The number of amides is 2. The topological polar surface area (TPSA) is 104 Å². The Hall–Kier alpha value is -4.34. The second-order valence-corrected chi connectivity index (χ2v) is 10.8. The third kappa shape index (κ3) is 7.25. The molecule has 2 amide bonds. The maximum Gasteiger partial charge on any atom is 0.271 e. The number of thioether (sulfide) groups is 1. The molecule has 2 heterocycles. The monoisotopic (exact) mass is 586 g/mol. The van der Waals surface area contributed by atoms with E-state index in [1.54, 1.807) is 36.4 Å². The van der Waals surface area contributed by atoms with Gasteiger partial charge < -0.3 is 14.7 Å². The normalized spacial score (nSPS) is 14.4. The number of phenols is 1. The molecule has 8 nitrogen and oxygen atoms in total. The number of carbonyl (C=O) groups excluding carboxylic acids is 2. The van der Waals surface area contributed by atoms with Crippen LogP contribution in [0.5, 0.6) is 11.5 Å². The number of carbonyl (C=O) groups is 2. The zero-order valence-corrected chi connectivity index (χ0v) is 23.5. The number of aromatic nitrogens is 1. The first-order chi connectivity index (χ1) is 20.0. The van der Waals surface area contributed by atoms with Crippen LogP contribution in [0, 0.1) is 5.92 Å². The summed E-state index contributed by atoms with van der Waals surface area (Å²) in [6.07, 6.45) is 7.18. The van der Waals surface area contributed by atoms with E-state index < -0.39 is 5.91 Å². The van der Waals surface area contributed by atoms with Crippen LogP contribution in [0.25, 0.3) is 10.8 Å². The van der Waals surface area contributed by atoms with Gasteiger partial charge in [-0.25, -0.2) is 5.43 Å². The fourth-order valence-corrected chi connectivity index (χ4v) is 5.49. The molecule has 0 saturated carbocycles. The highest BCUT2D eigenvalue weighted by Crippen LogP contribution is 2.28. The third-order valence-electron chi connectivity index (χ3n) is 6.51. The van der Waals surface area contributed by atoms with E-state index in [9.17, 15) is 14.7 Å². The zero-order chi connectivity index (χ0) is 28.6. The van der Waals surface area contributed by atoms with Gasteiger partial charge in [0.15, 0.2) is 6.61 Å². The minimum Gasteiger partial charge on any atom is -0.506 e. The number of ether oxygens (including phenoxy) is 1. The Balaban J connectivity index is 1.28. The highest BCUT2D eigenvalue weighted by atomic mass is 35.5. The minimum absolute atomic E-state index is 0.0799. The van der Waals surface area contributed by atoms with Crippen molar-refractivity contribution in [1.82, 2.24) is 15.3 Å². The van der Waals surface area contributed by atoms with Crippen molar-refractivity contribution in [3.05, 3.63) is 112 Å². The molecule has 1 aromatic heterocycles. The number of halogens is 1. The van der Waals surface area contributed by atoms with Gasteiger partial charge in [0.25, 0.3) is 11.8 Å². The van der Waals surface area contributed by atoms with Crippen LogP contribution in [-0.4, -0.2) is 51.9 Å². The molecule has 0 spiro atoms. The summed E-state index contributed by atoms with van der Waals surface area (Å²) >= 11 is 7.65. The highest BCUT2D eigenvalue weighted by molar-refractivity contribution is 8.02. The molecular weight excluding hydrogens is 560 g/mol. The van der Waals surface area contributed by atoms with Gasteiger partial charge in [0.2, 0.25) is 0 Å². The van der Waals surface area contributed by atoms with Crippen molar-refractivity contribution < 1.29 is 19.4 Å². The Kier molecular flexibility index (Phi) is 9.18. The first-order valence-electron chi connectivity index (χ1n) is 12.9. The summed E-state index contributed by atoms with van der Waals surface area (Å²) in [4.78, 5) is 31.8. The lowest BCUT2D eigenvalue weighted by molar-refractivity contribution is -0.134. The molecule has 1 aliphatic heterocycles. The summed E-state index contributed by atoms with van der Waals surface area (Å²) in [5.74, 6) is 1.15. The fraction of sp³-hybridized carbons (Fsp3) is 0.161. The lowest BCUT2D eigenvalue weighted by Gasteiger charge is -2.25. The summed E-state index contributed by atoms with van der Waals surface area (Å²) in [5, 5.41) is 17.5. The molecular formula is C31H27ClN4O4S. The van der Waals surface area contributed by atoms with Crippen molar-refractivity contribution in [1.29, 1.82) is 0 Å². The molecule has 0 bridgehead atoms. The lowest BCUT2D eigenvalue weighted by atomic mass is 10.0. The van der Waals surface area contributed by atoms with Crippen molar-refractivity contribution in [2.24, 2.45) is 11.0 Å². The van der Waals surface area contributed by atoms with Crippen LogP contribution in [0.1, 0.15) is 21.5 Å². The van der Waals surface area contributed by atoms with E-state index in [1.165, 1.54) is 18.2 Å². The van der Waals surface area contributed by atoms with Crippen LogP contribution < -0.4 is 10.2 Å². The van der Waals surface area contributed by atoms with E-state index in [2.05, 4.69) is 27.0 Å². The van der Waals surface area contributed by atoms with Crippen LogP contribution in [0.4, 0.5) is 0 Å². The maximum atomic E-state index is 13.3. The van der Waals surface area contributed by atoms with Crippen LogP contribution in [0.3, 0.4) is 0 Å². The third-order valence-corrected chi connectivity index (χ3v) is 7.78. The van der Waals surface area contributed by atoms with Crippen LogP contribution in [-0.2, 0) is 11.3 Å². The van der Waals surface area contributed by atoms with Gasteiger partial charge in [-0.2, -0.15) is 5.10 Å². The Morgan fingerprint density at radius 1 is 1.15 bits per heavy atom. The molecule has 208 valence electrons. The van der Waals surface area contributed by atoms with Gasteiger partial charge in [0.1, 0.15) is 11.5 Å². The molecule has 2 N–H and O–H groups in total. The minimum atomic E-state index is -0.464. The van der Waals surface area contributed by atoms with Gasteiger partial charge in [-0.05, 0) is 52.8 Å². The average molecular weight is 587 g/mol. The van der Waals surface area contributed by atoms with Crippen molar-refractivity contribution in [2.45, 2.75) is 6.54 Å². The number of nitrogens with zero attached hydrogens (tertiary/aromatic N) is 3. The van der Waals surface area contributed by atoms with E-state index in [4.69, 9.17) is 16.3 Å². The number of pyridine rings is 1. The Morgan fingerprint density at radius 2 is 2.00 bits per heavy atom. The number of rotatable bonds is 10. The molecule has 1 unspecified atom stereocenters. The first-order valence-corrected chi connectivity index (χ1v) is 14.3. The Labute approximate surface area is 246 Å². The molecule has 3 aromatic carbocycles. The van der Waals surface area contributed by atoms with Gasteiger partial charge in [-0.1, -0.05) is 48.0 Å². The number of hydrazone groups is 1. The quantitative estimate of drug-likeness (QED) is 0.184. The van der Waals surface area contributed by atoms with Crippen molar-refractivity contribution >= 4 is 52.2 Å². The van der Waals surface area contributed by atoms with Gasteiger partial charge in [-0.15, -0.1) is 11.8 Å².